The Morgan fingerprint density at radius 1 is 1.30 bits per heavy atom. The van der Waals surface area contributed by atoms with Gasteiger partial charge in [-0.1, -0.05) is 12.6 Å². The van der Waals surface area contributed by atoms with Gasteiger partial charge in [0.2, 0.25) is 0 Å². The number of rotatable bonds is 4. The summed E-state index contributed by atoms with van der Waals surface area (Å²) in [6.45, 7) is 5.55. The Morgan fingerprint density at radius 2 is 2.10 bits per heavy atom. The standard InChI is InChI=1S/C17H17NO2/c1-11-15(4-3-9-18-11)16-10-13(12(2)19)5-8-17(16)20-14-6-7-14/h3-5,8-10,14,19H,2,6-7H2,1H3. The third kappa shape index (κ3) is 2.52. The fraction of sp³-hybridized carbons (Fsp3) is 0.235. The second-order valence-electron chi connectivity index (χ2n) is 5.11. The number of aliphatic hydroxyl groups excluding tert-OH is 1. The normalized spacial score (nSPS) is 14.1. The zero-order valence-corrected chi connectivity index (χ0v) is 11.5. The van der Waals surface area contributed by atoms with Crippen molar-refractivity contribution >= 4 is 5.76 Å². The predicted octanol–water partition coefficient (Wildman–Crippen LogP) is 4.13. The van der Waals surface area contributed by atoms with E-state index in [1.54, 1.807) is 6.20 Å². The Hall–Kier alpha value is -2.29. The largest absolute Gasteiger partial charge is 0.508 e. The minimum Gasteiger partial charge on any atom is -0.508 e. The zero-order chi connectivity index (χ0) is 14.1. The number of benzene rings is 1. The van der Waals surface area contributed by atoms with Crippen LogP contribution in [-0.2, 0) is 0 Å². The molecular formula is C17H17NO2. The molecule has 1 aromatic heterocycles. The molecule has 0 saturated heterocycles. The molecule has 20 heavy (non-hydrogen) atoms. The van der Waals surface area contributed by atoms with Crippen LogP contribution in [0.25, 0.3) is 16.9 Å². The number of nitrogens with zero attached hydrogens (tertiary/aromatic N) is 1. The van der Waals surface area contributed by atoms with Gasteiger partial charge in [-0.15, -0.1) is 0 Å². The number of aryl methyl sites for hydroxylation is 1. The number of ether oxygens (including phenoxy) is 1. The van der Waals surface area contributed by atoms with E-state index >= 15 is 0 Å². The van der Waals surface area contributed by atoms with Crippen LogP contribution in [0.1, 0.15) is 24.1 Å². The average molecular weight is 267 g/mol. The lowest BCUT2D eigenvalue weighted by atomic mass is 10.0. The van der Waals surface area contributed by atoms with Crippen LogP contribution in [0.4, 0.5) is 0 Å². The van der Waals surface area contributed by atoms with Gasteiger partial charge < -0.3 is 9.84 Å². The highest BCUT2D eigenvalue weighted by Gasteiger charge is 2.25. The quantitative estimate of drug-likeness (QED) is 0.847. The molecule has 3 rings (SSSR count). The van der Waals surface area contributed by atoms with Crippen molar-refractivity contribution in [3.63, 3.8) is 0 Å². The van der Waals surface area contributed by atoms with Crippen molar-refractivity contribution in [1.29, 1.82) is 0 Å². The van der Waals surface area contributed by atoms with Gasteiger partial charge in [0.1, 0.15) is 11.5 Å². The van der Waals surface area contributed by atoms with Crippen LogP contribution in [0.5, 0.6) is 5.75 Å². The van der Waals surface area contributed by atoms with Gasteiger partial charge in [-0.3, -0.25) is 4.98 Å². The van der Waals surface area contributed by atoms with Crippen LogP contribution < -0.4 is 4.74 Å². The molecule has 0 aliphatic heterocycles. The number of pyridine rings is 1. The van der Waals surface area contributed by atoms with Crippen LogP contribution in [0.15, 0.2) is 43.1 Å². The van der Waals surface area contributed by atoms with Crippen LogP contribution in [-0.4, -0.2) is 16.2 Å². The third-order valence-electron chi connectivity index (χ3n) is 3.43. The molecule has 1 fully saturated rings. The molecule has 1 aliphatic carbocycles. The molecule has 3 heteroatoms. The first-order valence-corrected chi connectivity index (χ1v) is 6.76. The first kappa shape index (κ1) is 12.7. The van der Waals surface area contributed by atoms with Crippen molar-refractivity contribution in [2.24, 2.45) is 0 Å². The summed E-state index contributed by atoms with van der Waals surface area (Å²) in [4.78, 5) is 4.33. The number of hydrogen-bond donors (Lipinski definition) is 1. The summed E-state index contributed by atoms with van der Waals surface area (Å²) in [5, 5.41) is 9.60. The molecule has 1 aromatic carbocycles. The van der Waals surface area contributed by atoms with Gasteiger partial charge in [0.05, 0.1) is 6.10 Å². The van der Waals surface area contributed by atoms with E-state index in [0.29, 0.717) is 11.7 Å². The molecule has 0 bridgehead atoms. The van der Waals surface area contributed by atoms with Gasteiger partial charge >= 0.3 is 0 Å². The van der Waals surface area contributed by atoms with Gasteiger partial charge in [0, 0.05) is 28.6 Å². The number of aromatic nitrogens is 1. The van der Waals surface area contributed by atoms with Crippen molar-refractivity contribution in [3.8, 4) is 16.9 Å². The lowest BCUT2D eigenvalue weighted by Crippen LogP contribution is -1.99. The Labute approximate surface area is 118 Å². The van der Waals surface area contributed by atoms with Crippen molar-refractivity contribution in [2.75, 3.05) is 0 Å². The maximum atomic E-state index is 9.60. The van der Waals surface area contributed by atoms with E-state index in [1.807, 2.05) is 37.3 Å². The fourth-order valence-corrected chi connectivity index (χ4v) is 2.16. The molecule has 0 radical (unpaired) electrons. The highest BCUT2D eigenvalue weighted by molar-refractivity contribution is 5.76. The van der Waals surface area contributed by atoms with Crippen LogP contribution >= 0.6 is 0 Å². The molecule has 0 amide bonds. The fourth-order valence-electron chi connectivity index (χ4n) is 2.16. The zero-order valence-electron chi connectivity index (χ0n) is 11.5. The lowest BCUT2D eigenvalue weighted by molar-refractivity contribution is 0.304. The van der Waals surface area contributed by atoms with E-state index in [-0.39, 0.29) is 5.76 Å². The van der Waals surface area contributed by atoms with E-state index in [2.05, 4.69) is 11.6 Å². The molecule has 1 aliphatic rings. The molecule has 0 unspecified atom stereocenters. The Bertz CT molecular complexity index is 660. The minimum absolute atomic E-state index is 0.0609. The second-order valence-corrected chi connectivity index (χ2v) is 5.11. The SMILES string of the molecule is C=C(O)c1ccc(OC2CC2)c(-c2cccnc2C)c1. The smallest absolute Gasteiger partial charge is 0.127 e. The average Bonchev–Trinajstić information content (AvgIpc) is 3.24. The summed E-state index contributed by atoms with van der Waals surface area (Å²) in [6.07, 6.45) is 4.32. The molecule has 1 saturated carbocycles. The first-order valence-electron chi connectivity index (χ1n) is 6.76. The monoisotopic (exact) mass is 267 g/mol. The summed E-state index contributed by atoms with van der Waals surface area (Å²) in [5.74, 6) is 0.902. The van der Waals surface area contributed by atoms with Gasteiger partial charge in [-0.05, 0) is 44.0 Å². The van der Waals surface area contributed by atoms with Gasteiger partial charge in [-0.25, -0.2) is 0 Å². The Balaban J connectivity index is 2.11. The second kappa shape index (κ2) is 5.00. The van der Waals surface area contributed by atoms with Gasteiger partial charge in [0.25, 0.3) is 0 Å². The molecule has 0 atom stereocenters. The Morgan fingerprint density at radius 3 is 2.75 bits per heavy atom. The first-order chi connectivity index (χ1) is 9.65. The highest BCUT2D eigenvalue weighted by Crippen LogP contribution is 2.37. The van der Waals surface area contributed by atoms with E-state index in [0.717, 1.165) is 35.4 Å². The van der Waals surface area contributed by atoms with Crippen molar-refractivity contribution < 1.29 is 9.84 Å². The van der Waals surface area contributed by atoms with Gasteiger partial charge in [-0.2, -0.15) is 0 Å². The third-order valence-corrected chi connectivity index (χ3v) is 3.43. The van der Waals surface area contributed by atoms with Crippen molar-refractivity contribution in [1.82, 2.24) is 4.98 Å². The molecular weight excluding hydrogens is 250 g/mol. The maximum absolute atomic E-state index is 9.60. The number of aliphatic hydroxyl groups is 1. The van der Waals surface area contributed by atoms with E-state index in [4.69, 9.17) is 4.74 Å². The predicted molar refractivity (Wildman–Crippen MR) is 79.7 cm³/mol. The molecule has 3 nitrogen and oxygen atoms in total. The molecule has 1 N–H and O–H groups in total. The summed E-state index contributed by atoms with van der Waals surface area (Å²) in [6, 6.07) is 9.56. The molecule has 102 valence electrons. The van der Waals surface area contributed by atoms with Crippen LogP contribution in [0.2, 0.25) is 0 Å². The van der Waals surface area contributed by atoms with E-state index < -0.39 is 0 Å². The topological polar surface area (TPSA) is 42.4 Å². The summed E-state index contributed by atoms with van der Waals surface area (Å²) < 4.78 is 5.96. The minimum atomic E-state index is 0.0609. The summed E-state index contributed by atoms with van der Waals surface area (Å²) in [5.41, 5.74) is 3.61. The number of hydrogen-bond acceptors (Lipinski definition) is 3. The maximum Gasteiger partial charge on any atom is 0.127 e. The van der Waals surface area contributed by atoms with E-state index in [9.17, 15) is 5.11 Å². The van der Waals surface area contributed by atoms with Gasteiger partial charge in [0.15, 0.2) is 0 Å². The summed E-state index contributed by atoms with van der Waals surface area (Å²) >= 11 is 0. The lowest BCUT2D eigenvalue weighted by Gasteiger charge is -2.14. The Kier molecular flexibility index (Phi) is 3.18. The summed E-state index contributed by atoms with van der Waals surface area (Å²) in [7, 11) is 0. The van der Waals surface area contributed by atoms with Crippen molar-refractivity contribution in [3.05, 3.63) is 54.4 Å². The molecule has 0 spiro atoms. The van der Waals surface area contributed by atoms with E-state index in [1.165, 1.54) is 0 Å². The molecule has 2 aromatic rings. The highest BCUT2D eigenvalue weighted by atomic mass is 16.5. The van der Waals surface area contributed by atoms with Crippen LogP contribution in [0.3, 0.4) is 0 Å². The van der Waals surface area contributed by atoms with Crippen molar-refractivity contribution in [2.45, 2.75) is 25.9 Å². The van der Waals surface area contributed by atoms with Crippen LogP contribution in [0, 0.1) is 6.92 Å². The molecule has 1 heterocycles.